The van der Waals surface area contributed by atoms with Crippen LogP contribution in [0.1, 0.15) is 39.5 Å². The largest absolute Gasteiger partial charge is 0.328 e. The lowest BCUT2D eigenvalue weighted by Gasteiger charge is -2.16. The monoisotopic (exact) mass is 260 g/mol. The van der Waals surface area contributed by atoms with E-state index in [1.807, 2.05) is 13.8 Å². The maximum absolute atomic E-state index is 11.8. The minimum absolute atomic E-state index is 0.154. The van der Waals surface area contributed by atoms with Crippen molar-refractivity contribution >= 4 is 10.0 Å². The predicted octanol–water partition coefficient (Wildman–Crippen LogP) is 1.08. The Kier molecular flexibility index (Phi) is 3.80. The van der Waals surface area contributed by atoms with Crippen molar-refractivity contribution in [1.82, 2.24) is 4.72 Å². The Labute approximate surface area is 104 Å². The van der Waals surface area contributed by atoms with Crippen LogP contribution in [0.25, 0.3) is 0 Å². The van der Waals surface area contributed by atoms with Gasteiger partial charge in [-0.15, -0.1) is 0 Å². The molecule has 2 fully saturated rings. The second-order valence-corrected chi connectivity index (χ2v) is 8.01. The fourth-order valence-electron chi connectivity index (χ4n) is 3.50. The van der Waals surface area contributed by atoms with Crippen LogP contribution in [0.15, 0.2) is 0 Å². The third kappa shape index (κ3) is 3.42. The first-order valence-corrected chi connectivity index (χ1v) is 8.26. The first kappa shape index (κ1) is 13.3. The molecule has 0 bridgehead atoms. The molecule has 2 atom stereocenters. The molecule has 0 spiro atoms. The Bertz CT molecular complexity index is 353. The van der Waals surface area contributed by atoms with Crippen molar-refractivity contribution in [3.05, 3.63) is 0 Å². The van der Waals surface area contributed by atoms with E-state index in [1.165, 1.54) is 0 Å². The molecule has 17 heavy (non-hydrogen) atoms. The van der Waals surface area contributed by atoms with Crippen LogP contribution in [-0.2, 0) is 10.0 Å². The predicted molar refractivity (Wildman–Crippen MR) is 69.0 cm³/mol. The van der Waals surface area contributed by atoms with Crippen LogP contribution in [0.4, 0.5) is 0 Å². The molecule has 5 heteroatoms. The van der Waals surface area contributed by atoms with Crippen molar-refractivity contribution in [3.63, 3.8) is 0 Å². The van der Waals surface area contributed by atoms with Crippen molar-refractivity contribution in [1.29, 1.82) is 0 Å². The highest BCUT2D eigenvalue weighted by Gasteiger charge is 2.41. The Morgan fingerprint density at radius 3 is 2.18 bits per heavy atom. The summed E-state index contributed by atoms with van der Waals surface area (Å²) in [7, 11) is -3.09. The van der Waals surface area contributed by atoms with Crippen LogP contribution < -0.4 is 10.5 Å². The number of hydrogen-bond donors (Lipinski definition) is 2. The standard InChI is InChI=1S/C12H24N2O2S/c1-8(2)7-17(15,16)14-12-5-9-3-11(13)4-10(9)6-12/h8-12,14H,3-7,13H2,1-2H3. The molecule has 0 aromatic rings. The van der Waals surface area contributed by atoms with Gasteiger partial charge in [0.05, 0.1) is 5.75 Å². The topological polar surface area (TPSA) is 72.2 Å². The zero-order valence-electron chi connectivity index (χ0n) is 10.7. The van der Waals surface area contributed by atoms with Gasteiger partial charge in [0.2, 0.25) is 10.0 Å². The van der Waals surface area contributed by atoms with E-state index < -0.39 is 10.0 Å². The summed E-state index contributed by atoms with van der Waals surface area (Å²) in [5.41, 5.74) is 5.92. The average Bonchev–Trinajstić information content (AvgIpc) is 2.56. The quantitative estimate of drug-likeness (QED) is 0.794. The minimum atomic E-state index is -3.09. The molecule has 3 N–H and O–H groups in total. The fourth-order valence-corrected chi connectivity index (χ4v) is 5.17. The molecule has 2 saturated carbocycles. The van der Waals surface area contributed by atoms with E-state index in [4.69, 9.17) is 5.73 Å². The number of rotatable bonds is 4. The molecule has 100 valence electrons. The molecule has 0 aliphatic heterocycles. The maximum Gasteiger partial charge on any atom is 0.212 e. The lowest BCUT2D eigenvalue weighted by Crippen LogP contribution is -2.36. The molecule has 2 aliphatic rings. The van der Waals surface area contributed by atoms with Gasteiger partial charge in [0.15, 0.2) is 0 Å². The van der Waals surface area contributed by atoms with Gasteiger partial charge in [0, 0.05) is 12.1 Å². The van der Waals surface area contributed by atoms with Gasteiger partial charge in [-0.3, -0.25) is 0 Å². The van der Waals surface area contributed by atoms with Gasteiger partial charge in [-0.25, -0.2) is 13.1 Å². The Hall–Kier alpha value is -0.130. The number of sulfonamides is 1. The van der Waals surface area contributed by atoms with E-state index in [9.17, 15) is 8.42 Å². The van der Waals surface area contributed by atoms with Gasteiger partial charge < -0.3 is 5.73 Å². The number of nitrogens with two attached hydrogens (primary N) is 1. The Balaban J connectivity index is 1.87. The molecule has 0 heterocycles. The summed E-state index contributed by atoms with van der Waals surface area (Å²) in [6, 6.07) is 0.500. The summed E-state index contributed by atoms with van der Waals surface area (Å²) in [5, 5.41) is 0. The molecule has 4 nitrogen and oxygen atoms in total. The van der Waals surface area contributed by atoms with Crippen molar-refractivity contribution in [3.8, 4) is 0 Å². The van der Waals surface area contributed by atoms with E-state index in [0.29, 0.717) is 17.9 Å². The molecule has 0 aromatic heterocycles. The van der Waals surface area contributed by atoms with Gasteiger partial charge in [-0.2, -0.15) is 0 Å². The van der Waals surface area contributed by atoms with Crippen molar-refractivity contribution in [2.75, 3.05) is 5.75 Å². The van der Waals surface area contributed by atoms with E-state index in [-0.39, 0.29) is 17.7 Å². The molecule has 0 saturated heterocycles. The first-order chi connectivity index (χ1) is 7.85. The van der Waals surface area contributed by atoms with Gasteiger partial charge >= 0.3 is 0 Å². The number of hydrogen-bond acceptors (Lipinski definition) is 3. The van der Waals surface area contributed by atoms with E-state index in [0.717, 1.165) is 25.7 Å². The molecular formula is C12H24N2O2S. The van der Waals surface area contributed by atoms with E-state index in [2.05, 4.69) is 4.72 Å². The number of nitrogens with one attached hydrogen (secondary N) is 1. The molecule has 2 aliphatic carbocycles. The molecule has 0 amide bonds. The van der Waals surface area contributed by atoms with Gasteiger partial charge in [-0.1, -0.05) is 13.8 Å². The fraction of sp³-hybridized carbons (Fsp3) is 1.00. The van der Waals surface area contributed by atoms with Crippen LogP contribution in [0, 0.1) is 17.8 Å². The van der Waals surface area contributed by atoms with Crippen LogP contribution in [-0.4, -0.2) is 26.3 Å². The van der Waals surface area contributed by atoms with Crippen LogP contribution >= 0.6 is 0 Å². The molecular weight excluding hydrogens is 236 g/mol. The minimum Gasteiger partial charge on any atom is -0.328 e. The van der Waals surface area contributed by atoms with Crippen LogP contribution in [0.2, 0.25) is 0 Å². The summed E-state index contributed by atoms with van der Waals surface area (Å²) >= 11 is 0. The average molecular weight is 260 g/mol. The summed E-state index contributed by atoms with van der Waals surface area (Å²) in [6.45, 7) is 3.86. The summed E-state index contributed by atoms with van der Waals surface area (Å²) in [6.07, 6.45) is 4.12. The highest BCUT2D eigenvalue weighted by Crippen LogP contribution is 2.43. The second-order valence-electron chi connectivity index (χ2n) is 6.21. The third-order valence-corrected chi connectivity index (χ3v) is 5.75. The molecule has 0 aromatic carbocycles. The van der Waals surface area contributed by atoms with Gasteiger partial charge in [0.25, 0.3) is 0 Å². The van der Waals surface area contributed by atoms with Gasteiger partial charge in [-0.05, 0) is 43.4 Å². The highest BCUT2D eigenvalue weighted by molar-refractivity contribution is 7.89. The second kappa shape index (κ2) is 4.86. The van der Waals surface area contributed by atoms with E-state index >= 15 is 0 Å². The van der Waals surface area contributed by atoms with Gasteiger partial charge in [0.1, 0.15) is 0 Å². The molecule has 2 rings (SSSR count). The van der Waals surface area contributed by atoms with Crippen molar-refractivity contribution < 1.29 is 8.42 Å². The zero-order valence-corrected chi connectivity index (χ0v) is 11.5. The lowest BCUT2D eigenvalue weighted by molar-refractivity contribution is 0.457. The Morgan fingerprint density at radius 2 is 1.71 bits per heavy atom. The normalized spacial score (nSPS) is 37.6. The van der Waals surface area contributed by atoms with E-state index in [1.54, 1.807) is 0 Å². The van der Waals surface area contributed by atoms with Crippen molar-refractivity contribution in [2.45, 2.75) is 51.6 Å². The number of fused-ring (bicyclic) bond motifs is 1. The smallest absolute Gasteiger partial charge is 0.212 e. The van der Waals surface area contributed by atoms with Crippen molar-refractivity contribution in [2.24, 2.45) is 23.5 Å². The first-order valence-electron chi connectivity index (χ1n) is 6.61. The molecule has 0 radical (unpaired) electrons. The summed E-state index contributed by atoms with van der Waals surface area (Å²) in [4.78, 5) is 0. The molecule has 2 unspecified atom stereocenters. The SMILES string of the molecule is CC(C)CS(=O)(=O)NC1CC2CC(N)CC2C1. The third-order valence-electron chi connectivity index (χ3n) is 3.95. The summed E-state index contributed by atoms with van der Waals surface area (Å²) < 4.78 is 26.6. The Morgan fingerprint density at radius 1 is 1.18 bits per heavy atom. The summed E-state index contributed by atoms with van der Waals surface area (Å²) in [5.74, 6) is 1.72. The highest BCUT2D eigenvalue weighted by atomic mass is 32.2. The van der Waals surface area contributed by atoms with Crippen LogP contribution in [0.3, 0.4) is 0 Å². The van der Waals surface area contributed by atoms with Crippen LogP contribution in [0.5, 0.6) is 0 Å². The maximum atomic E-state index is 11.8. The zero-order chi connectivity index (χ0) is 12.6. The lowest BCUT2D eigenvalue weighted by atomic mass is 10.0.